The van der Waals surface area contributed by atoms with Gasteiger partial charge in [-0.2, -0.15) is 5.01 Å². The van der Waals surface area contributed by atoms with Crippen LogP contribution in [0, 0.1) is 0 Å². The van der Waals surface area contributed by atoms with Gasteiger partial charge in [-0.25, -0.2) is 33.0 Å². The number of carboxylic acids is 1. The molecule has 1 aromatic heterocycles. The summed E-state index contributed by atoms with van der Waals surface area (Å²) in [5, 5.41) is 45.5. The summed E-state index contributed by atoms with van der Waals surface area (Å²) >= 11 is 3.38. The Morgan fingerprint density at radius 2 is 2.02 bits per heavy atom. The molecule has 7 N–H and O–H groups in total. The summed E-state index contributed by atoms with van der Waals surface area (Å²) in [4.78, 5) is 66.1. The van der Waals surface area contributed by atoms with Crippen LogP contribution in [0.3, 0.4) is 0 Å². The first-order valence-electron chi connectivity index (χ1n) is 14.2. The Balaban J connectivity index is 1.18. The van der Waals surface area contributed by atoms with Gasteiger partial charge in [0.25, 0.3) is 11.8 Å². The van der Waals surface area contributed by atoms with Gasteiger partial charge in [0.1, 0.15) is 29.1 Å². The van der Waals surface area contributed by atoms with Gasteiger partial charge in [-0.3, -0.25) is 19.4 Å². The van der Waals surface area contributed by atoms with Crippen LogP contribution in [0.15, 0.2) is 73.0 Å². The monoisotopic (exact) mass is 779 g/mol. The van der Waals surface area contributed by atoms with Crippen LogP contribution in [-0.2, 0) is 29.1 Å². The number of rotatable bonds is 11. The molecule has 3 amide bonds. The van der Waals surface area contributed by atoms with Gasteiger partial charge in [-0.1, -0.05) is 5.16 Å². The summed E-state index contributed by atoms with van der Waals surface area (Å²) < 4.78 is 25.1. The number of nitrogens with two attached hydrogens (primary N) is 1. The number of aliphatic carboxylic acids is 1. The average molecular weight is 780 g/mol. The number of aromatic hydroxyl groups is 2. The Morgan fingerprint density at radius 1 is 1.25 bits per heavy atom. The minimum absolute atomic E-state index is 0.0272. The number of carbonyl (C=O) groups is 4. The second kappa shape index (κ2) is 13.8. The number of fused-ring (bicyclic) bond motifs is 2. The van der Waals surface area contributed by atoms with Crippen LogP contribution in [-0.4, -0.2) is 113 Å². The number of hydrogen-bond donors (Lipinski definition) is 6. The van der Waals surface area contributed by atoms with E-state index in [4.69, 9.17) is 10.6 Å². The third kappa shape index (κ3) is 6.90. The Labute approximate surface area is 299 Å². The minimum Gasteiger partial charge on any atom is -0.504 e. The van der Waals surface area contributed by atoms with E-state index in [0.717, 1.165) is 44.3 Å². The lowest BCUT2D eigenvalue weighted by atomic mass is 10.0. The van der Waals surface area contributed by atoms with Gasteiger partial charge in [0.15, 0.2) is 22.5 Å². The quantitative estimate of drug-likeness (QED) is 0.0805. The number of nitrogen functional groups attached to an aromatic ring is 1. The number of sulfone groups is 1. The normalized spacial score (nSPS) is 20.0. The molecule has 0 radical (unpaired) electrons. The maximum atomic E-state index is 13.7. The molecule has 0 saturated carbocycles. The van der Waals surface area contributed by atoms with Crippen LogP contribution in [0.4, 0.5) is 15.7 Å². The molecule has 24 heteroatoms. The average Bonchev–Trinajstić information content (AvgIpc) is 3.71. The number of hydrogen-bond acceptors (Lipinski definition) is 18. The third-order valence-corrected chi connectivity index (χ3v) is 11.8. The highest BCUT2D eigenvalue weighted by atomic mass is 32.2. The highest BCUT2D eigenvalue weighted by Crippen LogP contribution is 2.45. The molecule has 4 aliphatic heterocycles. The van der Waals surface area contributed by atoms with Gasteiger partial charge in [-0.15, -0.1) is 40.4 Å². The molecular weight excluding hydrogens is 755 g/mol. The first kappa shape index (κ1) is 35.5. The number of phenolic OH excluding ortho intramolecular Hbond substituents is 2. The van der Waals surface area contributed by atoms with Crippen LogP contribution >= 0.6 is 34.9 Å². The van der Waals surface area contributed by atoms with E-state index in [-0.39, 0.29) is 33.0 Å². The molecule has 0 spiro atoms. The topological polar surface area (TPSA) is 281 Å². The second-order valence-electron chi connectivity index (χ2n) is 10.7. The molecule has 0 bridgehead atoms. The molecule has 2 atom stereocenters. The van der Waals surface area contributed by atoms with E-state index >= 15 is 0 Å². The highest BCUT2D eigenvalue weighted by molar-refractivity contribution is 8.03. The SMILES string of the molecule is CC1=NC2=CN(C(=O)O)NN2C(SCC2=C(C(=O)O)N3C(=O)[C@@H](N(C(=O)C=NOCS(=O)(=O)c4ccc(O)c(O)c4)c4csc(N)n4)[C@H]3SC2)=C1. The lowest BCUT2D eigenvalue weighted by Gasteiger charge is -2.52. The number of amides is 3. The molecule has 0 unspecified atom stereocenters. The van der Waals surface area contributed by atoms with E-state index < -0.39 is 62.6 Å². The maximum Gasteiger partial charge on any atom is 0.427 e. The van der Waals surface area contributed by atoms with Crippen LogP contribution in [0.2, 0.25) is 0 Å². The molecule has 2 aromatic rings. The number of carboxylic acid groups (broad SMARTS) is 2. The van der Waals surface area contributed by atoms with Crippen molar-refractivity contribution in [2.45, 2.75) is 23.2 Å². The maximum absolute atomic E-state index is 13.7. The van der Waals surface area contributed by atoms with E-state index in [9.17, 15) is 48.0 Å². The summed E-state index contributed by atoms with van der Waals surface area (Å²) in [6, 6.07) is 1.57. The van der Waals surface area contributed by atoms with Crippen molar-refractivity contribution in [3.05, 3.63) is 58.0 Å². The zero-order valence-electron chi connectivity index (χ0n) is 25.8. The fourth-order valence-corrected chi connectivity index (χ4v) is 9.13. The van der Waals surface area contributed by atoms with E-state index in [1.807, 2.05) is 0 Å². The van der Waals surface area contributed by atoms with Crippen molar-refractivity contribution in [2.75, 3.05) is 28.1 Å². The van der Waals surface area contributed by atoms with Gasteiger partial charge in [0.05, 0.1) is 16.1 Å². The molecule has 6 rings (SSSR count). The summed E-state index contributed by atoms with van der Waals surface area (Å²) in [5.41, 5.74) is 9.17. The van der Waals surface area contributed by atoms with Crippen LogP contribution < -0.4 is 16.2 Å². The van der Waals surface area contributed by atoms with Gasteiger partial charge in [-0.05, 0) is 30.7 Å². The highest BCUT2D eigenvalue weighted by Gasteiger charge is 2.57. The van der Waals surface area contributed by atoms with E-state index in [0.29, 0.717) is 28.3 Å². The molecule has 5 heterocycles. The van der Waals surface area contributed by atoms with E-state index in [1.165, 1.54) is 40.1 Å². The number of phenols is 2. The third-order valence-electron chi connectivity index (χ3n) is 7.37. The first-order valence-corrected chi connectivity index (χ1v) is 18.8. The number of oxime groups is 1. The zero-order chi connectivity index (χ0) is 36.8. The molecule has 268 valence electrons. The molecular formula is C27H25N9O11S4. The molecule has 1 saturated heterocycles. The van der Waals surface area contributed by atoms with Gasteiger partial charge >= 0.3 is 12.1 Å². The fourth-order valence-electron chi connectivity index (χ4n) is 5.09. The Hall–Kier alpha value is -5.30. The Kier molecular flexibility index (Phi) is 9.60. The Morgan fingerprint density at radius 3 is 2.69 bits per heavy atom. The van der Waals surface area contributed by atoms with Gasteiger partial charge < -0.3 is 31.0 Å². The lowest BCUT2D eigenvalue weighted by molar-refractivity contribution is -0.148. The molecule has 0 aliphatic carbocycles. The van der Waals surface area contributed by atoms with Gasteiger partial charge in [0, 0.05) is 28.7 Å². The molecule has 51 heavy (non-hydrogen) atoms. The molecule has 20 nitrogen and oxygen atoms in total. The number of aromatic nitrogens is 1. The zero-order valence-corrected chi connectivity index (χ0v) is 29.1. The number of carbonyl (C=O) groups excluding carboxylic acids is 2. The van der Waals surface area contributed by atoms with Crippen molar-refractivity contribution in [3.63, 3.8) is 0 Å². The van der Waals surface area contributed by atoms with Crippen molar-refractivity contribution in [3.8, 4) is 11.5 Å². The number of hydrazine groups is 2. The van der Waals surface area contributed by atoms with Crippen LogP contribution in [0.5, 0.6) is 11.5 Å². The summed E-state index contributed by atoms with van der Waals surface area (Å²) in [7, 11) is -4.18. The van der Waals surface area contributed by atoms with E-state index in [2.05, 4.69) is 20.7 Å². The van der Waals surface area contributed by atoms with Crippen molar-refractivity contribution >= 4 is 91.5 Å². The standard InChI is InChI=1S/C27H25N9O11S4/c1-12-4-20(36-17(30-12)7-33(32-36)27(43)44)48-8-13-9-49-24-22(23(40)35(24)21(13)25(41)42)34(18-10-50-26(28)31-18)19(39)6-29-47-11-51(45,46)14-2-3-15(37)16(38)5-14/h2-7,10,22,24,32,37-38H,8-9,11H2,1H3,(H2,28,31)(H,41,42)(H,43,44)/t22-,24-/m1/s1. The predicted molar refractivity (Wildman–Crippen MR) is 184 cm³/mol. The van der Waals surface area contributed by atoms with E-state index in [1.54, 1.807) is 13.0 Å². The number of aliphatic imine (C=N–C) groups is 1. The smallest absolute Gasteiger partial charge is 0.427 e. The fraction of sp³-hybridized carbons (Fsp3) is 0.222. The largest absolute Gasteiger partial charge is 0.504 e. The Bertz CT molecular complexity index is 2110. The number of benzene rings is 1. The van der Waals surface area contributed by atoms with Crippen molar-refractivity contribution in [1.82, 2.24) is 25.4 Å². The number of thiazole rings is 1. The minimum atomic E-state index is -4.18. The van der Waals surface area contributed by atoms with Crippen molar-refractivity contribution < 1.29 is 52.9 Å². The summed E-state index contributed by atoms with van der Waals surface area (Å²) in [6.07, 6.45) is 2.33. The number of nitrogens with one attached hydrogen (secondary N) is 1. The molecule has 1 aromatic carbocycles. The molecule has 4 aliphatic rings. The van der Waals surface area contributed by atoms with Crippen molar-refractivity contribution in [1.29, 1.82) is 0 Å². The number of β-lactam (4-membered cyclic amide) rings is 1. The van der Waals surface area contributed by atoms with Crippen molar-refractivity contribution in [2.24, 2.45) is 10.1 Å². The first-order chi connectivity index (χ1) is 24.2. The number of nitrogens with zero attached hydrogens (tertiary/aromatic N) is 7. The van der Waals surface area contributed by atoms with Crippen LogP contribution in [0.25, 0.3) is 0 Å². The van der Waals surface area contributed by atoms with Crippen LogP contribution in [0.1, 0.15) is 6.92 Å². The molecule has 1 fully saturated rings. The lowest BCUT2D eigenvalue weighted by Crippen LogP contribution is -2.72. The predicted octanol–water partition coefficient (Wildman–Crippen LogP) is 1.09. The summed E-state index contributed by atoms with van der Waals surface area (Å²) in [5.74, 6) is -4.75. The second-order valence-corrected chi connectivity index (χ2v) is 15.6. The van der Waals surface area contributed by atoms with Gasteiger partial charge in [0.2, 0.25) is 15.8 Å². The number of thioether (sulfide) groups is 2. The number of anilines is 2. The summed E-state index contributed by atoms with van der Waals surface area (Å²) in [6.45, 7) is 1.72. The number of allylic oxidation sites excluding steroid dienone is 1.